The van der Waals surface area contributed by atoms with Crippen LogP contribution in [0.1, 0.15) is 24.8 Å². The van der Waals surface area contributed by atoms with Crippen LogP contribution >= 0.6 is 11.6 Å². The number of piperazine rings is 2. The highest BCUT2D eigenvalue weighted by molar-refractivity contribution is 6.33. The van der Waals surface area contributed by atoms with Crippen molar-refractivity contribution in [2.24, 2.45) is 0 Å². The predicted octanol–water partition coefficient (Wildman–Crippen LogP) is 3.63. The zero-order valence-electron chi connectivity index (χ0n) is 20.1. The largest absolute Gasteiger partial charge is 0.416 e. The lowest BCUT2D eigenvalue weighted by Gasteiger charge is -2.43. The van der Waals surface area contributed by atoms with Gasteiger partial charge in [-0.25, -0.2) is 4.98 Å². The molecular formula is C25H30ClF3N6O. The standard InChI is InChI=1S/C25H30ClF3N6O/c26-21-5-4-18(25(27,28)29)14-20(21)22-15-31-23(16-30-22)34-8-6-32(7-9-34)17-24(36)35-12-10-33(11-13-35)19-2-1-3-19/h4-5,14-16,19H,1-3,6-13,17H2. The molecule has 0 radical (unpaired) electrons. The fraction of sp³-hybridized carbons (Fsp3) is 0.560. The second-order valence-electron chi connectivity index (χ2n) is 9.72. The number of nitrogens with zero attached hydrogens (tertiary/aromatic N) is 6. The lowest BCUT2D eigenvalue weighted by molar-refractivity contribution is -0.137. The molecule has 3 fully saturated rings. The van der Waals surface area contributed by atoms with Gasteiger partial charge < -0.3 is 9.80 Å². The average molecular weight is 523 g/mol. The average Bonchev–Trinajstić information content (AvgIpc) is 2.84. The van der Waals surface area contributed by atoms with Gasteiger partial charge in [0, 0.05) is 64.0 Å². The highest BCUT2D eigenvalue weighted by Gasteiger charge is 2.32. The zero-order valence-corrected chi connectivity index (χ0v) is 20.8. The van der Waals surface area contributed by atoms with Crippen molar-refractivity contribution in [1.29, 1.82) is 0 Å². The molecule has 194 valence electrons. The van der Waals surface area contributed by atoms with Gasteiger partial charge in [0.25, 0.3) is 0 Å². The number of halogens is 4. The molecule has 1 aromatic heterocycles. The number of hydrogen-bond acceptors (Lipinski definition) is 6. The molecule has 3 aliphatic rings. The van der Waals surface area contributed by atoms with Crippen molar-refractivity contribution in [3.63, 3.8) is 0 Å². The SMILES string of the molecule is O=C(CN1CCN(c2cnc(-c3cc(C(F)(F)F)ccc3Cl)cn2)CC1)N1CCN(C2CCC2)CC1. The first-order chi connectivity index (χ1) is 17.3. The summed E-state index contributed by atoms with van der Waals surface area (Å²) in [5.41, 5.74) is -0.294. The first-order valence-corrected chi connectivity index (χ1v) is 12.8. The van der Waals surface area contributed by atoms with E-state index >= 15 is 0 Å². The number of carbonyl (C=O) groups is 1. The molecule has 36 heavy (non-hydrogen) atoms. The van der Waals surface area contributed by atoms with Crippen molar-refractivity contribution in [3.05, 3.63) is 41.2 Å². The molecule has 2 saturated heterocycles. The Morgan fingerprint density at radius 1 is 0.972 bits per heavy atom. The number of aromatic nitrogens is 2. The van der Waals surface area contributed by atoms with Gasteiger partial charge in [-0.3, -0.25) is 19.6 Å². The van der Waals surface area contributed by atoms with Crippen molar-refractivity contribution < 1.29 is 18.0 Å². The van der Waals surface area contributed by atoms with Crippen LogP contribution in [0.5, 0.6) is 0 Å². The molecule has 1 aliphatic carbocycles. The van der Waals surface area contributed by atoms with Gasteiger partial charge in [0.2, 0.25) is 5.91 Å². The number of amides is 1. The van der Waals surface area contributed by atoms with E-state index in [1.165, 1.54) is 31.5 Å². The van der Waals surface area contributed by atoms with Crippen molar-refractivity contribution in [2.45, 2.75) is 31.5 Å². The normalized spacial score (nSPS) is 20.4. The van der Waals surface area contributed by atoms with E-state index in [0.717, 1.165) is 57.4 Å². The predicted molar refractivity (Wildman–Crippen MR) is 132 cm³/mol. The van der Waals surface area contributed by atoms with Gasteiger partial charge in [-0.2, -0.15) is 13.2 Å². The number of rotatable bonds is 5. The Morgan fingerprint density at radius 3 is 2.28 bits per heavy atom. The first kappa shape index (κ1) is 25.2. The van der Waals surface area contributed by atoms with Gasteiger partial charge in [-0.15, -0.1) is 0 Å². The van der Waals surface area contributed by atoms with Crippen molar-refractivity contribution in [1.82, 2.24) is 24.7 Å². The second-order valence-corrected chi connectivity index (χ2v) is 10.1. The highest BCUT2D eigenvalue weighted by atomic mass is 35.5. The van der Waals surface area contributed by atoms with Gasteiger partial charge in [-0.05, 0) is 31.0 Å². The van der Waals surface area contributed by atoms with Crippen LogP contribution in [-0.2, 0) is 11.0 Å². The monoisotopic (exact) mass is 522 g/mol. The molecule has 0 N–H and O–H groups in total. The molecule has 5 rings (SSSR count). The highest BCUT2D eigenvalue weighted by Crippen LogP contribution is 2.35. The first-order valence-electron chi connectivity index (χ1n) is 12.5. The van der Waals surface area contributed by atoms with E-state index in [4.69, 9.17) is 11.6 Å². The molecular weight excluding hydrogens is 493 g/mol. The Bertz CT molecular complexity index is 1060. The van der Waals surface area contributed by atoms with Crippen LogP contribution in [0.3, 0.4) is 0 Å². The Labute approximate surface area is 213 Å². The van der Waals surface area contributed by atoms with Crippen LogP contribution in [0.15, 0.2) is 30.6 Å². The summed E-state index contributed by atoms with van der Waals surface area (Å²) in [6.45, 7) is 6.86. The fourth-order valence-electron chi connectivity index (χ4n) is 5.04. The van der Waals surface area contributed by atoms with E-state index in [-0.39, 0.29) is 22.2 Å². The summed E-state index contributed by atoms with van der Waals surface area (Å²) in [4.78, 5) is 30.3. The van der Waals surface area contributed by atoms with Crippen LogP contribution in [0.2, 0.25) is 5.02 Å². The smallest absolute Gasteiger partial charge is 0.353 e. The molecule has 0 bridgehead atoms. The minimum absolute atomic E-state index is 0.188. The summed E-state index contributed by atoms with van der Waals surface area (Å²) in [5.74, 6) is 0.846. The van der Waals surface area contributed by atoms with Gasteiger partial charge in [-0.1, -0.05) is 18.0 Å². The van der Waals surface area contributed by atoms with E-state index in [1.54, 1.807) is 6.20 Å². The second kappa shape index (κ2) is 10.5. The number of carbonyl (C=O) groups excluding carboxylic acids is 1. The number of anilines is 1. The number of alkyl halides is 3. The maximum Gasteiger partial charge on any atom is 0.416 e. The summed E-state index contributed by atoms with van der Waals surface area (Å²) in [5, 5.41) is 0.188. The third-order valence-electron chi connectivity index (χ3n) is 7.52. The van der Waals surface area contributed by atoms with Gasteiger partial charge in [0.05, 0.1) is 35.2 Å². The summed E-state index contributed by atoms with van der Waals surface area (Å²) < 4.78 is 39.3. The maximum atomic E-state index is 13.1. The zero-order chi connectivity index (χ0) is 25.3. The van der Waals surface area contributed by atoms with E-state index in [1.807, 2.05) is 4.90 Å². The van der Waals surface area contributed by atoms with Crippen LogP contribution in [0.4, 0.5) is 19.0 Å². The van der Waals surface area contributed by atoms with Crippen molar-refractivity contribution >= 4 is 23.3 Å². The maximum absolute atomic E-state index is 13.1. The minimum Gasteiger partial charge on any atom is -0.353 e. The third kappa shape index (κ3) is 5.60. The summed E-state index contributed by atoms with van der Waals surface area (Å²) in [7, 11) is 0. The lowest BCUT2D eigenvalue weighted by atomic mass is 9.91. The summed E-state index contributed by atoms with van der Waals surface area (Å²) in [6, 6.07) is 3.90. The van der Waals surface area contributed by atoms with E-state index in [2.05, 4.69) is 24.7 Å². The van der Waals surface area contributed by atoms with E-state index in [9.17, 15) is 18.0 Å². The Morgan fingerprint density at radius 2 is 1.69 bits per heavy atom. The Kier molecular flexibility index (Phi) is 7.37. The van der Waals surface area contributed by atoms with Gasteiger partial charge in [0.15, 0.2) is 0 Å². The molecule has 1 saturated carbocycles. The quantitative estimate of drug-likeness (QED) is 0.598. The molecule has 0 atom stereocenters. The topological polar surface area (TPSA) is 55.8 Å². The number of benzene rings is 1. The van der Waals surface area contributed by atoms with E-state index < -0.39 is 11.7 Å². The molecule has 1 amide bonds. The molecule has 0 unspecified atom stereocenters. The Balaban J connectivity index is 1.12. The molecule has 1 aromatic carbocycles. The molecule has 0 spiro atoms. The fourth-order valence-corrected chi connectivity index (χ4v) is 5.25. The van der Waals surface area contributed by atoms with Crippen LogP contribution in [-0.4, -0.2) is 95.5 Å². The molecule has 11 heteroatoms. The van der Waals surface area contributed by atoms with E-state index in [0.29, 0.717) is 25.5 Å². The van der Waals surface area contributed by atoms with Crippen molar-refractivity contribution in [2.75, 3.05) is 63.8 Å². The van der Waals surface area contributed by atoms with Crippen LogP contribution in [0, 0.1) is 0 Å². The summed E-state index contributed by atoms with van der Waals surface area (Å²) in [6.07, 6.45) is 2.48. The molecule has 2 aromatic rings. The molecule has 7 nitrogen and oxygen atoms in total. The van der Waals surface area contributed by atoms with Crippen molar-refractivity contribution in [3.8, 4) is 11.3 Å². The van der Waals surface area contributed by atoms with Gasteiger partial charge >= 0.3 is 6.18 Å². The van der Waals surface area contributed by atoms with Gasteiger partial charge in [0.1, 0.15) is 5.82 Å². The molecule has 2 aliphatic heterocycles. The van der Waals surface area contributed by atoms with Crippen LogP contribution < -0.4 is 4.90 Å². The lowest BCUT2D eigenvalue weighted by Crippen LogP contribution is -2.56. The number of hydrogen-bond donors (Lipinski definition) is 0. The Hall–Kier alpha value is -2.43. The molecule has 3 heterocycles. The summed E-state index contributed by atoms with van der Waals surface area (Å²) >= 11 is 6.13. The third-order valence-corrected chi connectivity index (χ3v) is 7.85. The van der Waals surface area contributed by atoms with Crippen LogP contribution in [0.25, 0.3) is 11.3 Å². The minimum atomic E-state index is -4.46.